The second-order valence-corrected chi connectivity index (χ2v) is 3.27. The molecule has 0 spiro atoms. The number of carbonyl (C=O) groups excluding carboxylic acids is 1. The smallest absolute Gasteiger partial charge is 0.328 e. The molecule has 0 saturated heterocycles. The molecular weight excluding hydrogens is 202 g/mol. The van der Waals surface area contributed by atoms with Gasteiger partial charge in [0.25, 0.3) is 0 Å². The zero-order chi connectivity index (χ0) is 10.6. The van der Waals surface area contributed by atoms with Gasteiger partial charge in [-0.05, 0) is 26.1 Å². The molecule has 1 N–H and O–H groups in total. The van der Waals surface area contributed by atoms with Gasteiger partial charge in [-0.2, -0.15) is 0 Å². The fraction of sp³-hybridized carbons (Fsp3) is 0.300. The molecule has 1 rings (SSSR count). The summed E-state index contributed by atoms with van der Waals surface area (Å²) in [6.07, 6.45) is 0. The maximum absolute atomic E-state index is 11.4. The van der Waals surface area contributed by atoms with Gasteiger partial charge in [-0.1, -0.05) is 23.7 Å². The van der Waals surface area contributed by atoms with E-state index in [-0.39, 0.29) is 12.0 Å². The maximum Gasteiger partial charge on any atom is 0.328 e. The first kappa shape index (κ1) is 11.0. The minimum atomic E-state index is -0.347. The van der Waals surface area contributed by atoms with Crippen molar-refractivity contribution >= 4 is 17.6 Å². The van der Waals surface area contributed by atoms with Crippen LogP contribution >= 0.6 is 11.6 Å². The van der Waals surface area contributed by atoms with Crippen LogP contribution in [0.15, 0.2) is 24.3 Å². The zero-order valence-electron chi connectivity index (χ0n) is 8.08. The summed E-state index contributed by atoms with van der Waals surface area (Å²) in [5, 5.41) is 3.22. The van der Waals surface area contributed by atoms with Crippen LogP contribution in [0, 0.1) is 0 Å². The molecule has 0 fully saturated rings. The Morgan fingerprint density at radius 3 is 2.71 bits per heavy atom. The SMILES string of the molecule is CN[C@@H](C)C(=O)Oc1ccccc1Cl. The fourth-order valence-electron chi connectivity index (χ4n) is 0.842. The average Bonchev–Trinajstić information content (AvgIpc) is 2.20. The van der Waals surface area contributed by atoms with Crippen LogP contribution < -0.4 is 10.1 Å². The second kappa shape index (κ2) is 4.98. The summed E-state index contributed by atoms with van der Waals surface area (Å²) >= 11 is 5.82. The van der Waals surface area contributed by atoms with Gasteiger partial charge in [0, 0.05) is 0 Å². The molecule has 0 unspecified atom stereocenters. The number of hydrogen-bond donors (Lipinski definition) is 1. The van der Waals surface area contributed by atoms with E-state index in [0.29, 0.717) is 10.8 Å². The van der Waals surface area contributed by atoms with Gasteiger partial charge in [0.05, 0.1) is 5.02 Å². The molecule has 1 aromatic carbocycles. The van der Waals surface area contributed by atoms with Crippen molar-refractivity contribution in [2.24, 2.45) is 0 Å². The van der Waals surface area contributed by atoms with E-state index in [1.807, 2.05) is 0 Å². The number of esters is 1. The number of likely N-dealkylation sites (N-methyl/N-ethyl adjacent to an activating group) is 1. The van der Waals surface area contributed by atoms with Crippen LogP contribution in [0.25, 0.3) is 0 Å². The van der Waals surface area contributed by atoms with Crippen LogP contribution in [0.4, 0.5) is 0 Å². The van der Waals surface area contributed by atoms with E-state index in [4.69, 9.17) is 16.3 Å². The van der Waals surface area contributed by atoms with Gasteiger partial charge in [0.2, 0.25) is 0 Å². The Hall–Kier alpha value is -1.06. The van der Waals surface area contributed by atoms with Crippen LogP contribution in [-0.2, 0) is 4.79 Å². The van der Waals surface area contributed by atoms with E-state index in [2.05, 4.69) is 5.32 Å². The van der Waals surface area contributed by atoms with Crippen molar-refractivity contribution in [1.29, 1.82) is 0 Å². The minimum absolute atomic E-state index is 0.341. The Kier molecular flexibility index (Phi) is 3.92. The first-order chi connectivity index (χ1) is 6.65. The molecule has 0 aliphatic heterocycles. The van der Waals surface area contributed by atoms with Gasteiger partial charge in [0.15, 0.2) is 0 Å². The van der Waals surface area contributed by atoms with Crippen molar-refractivity contribution in [2.45, 2.75) is 13.0 Å². The molecule has 3 nitrogen and oxygen atoms in total. The van der Waals surface area contributed by atoms with Crippen molar-refractivity contribution < 1.29 is 9.53 Å². The molecular formula is C10H12ClNO2. The van der Waals surface area contributed by atoms with E-state index in [1.54, 1.807) is 38.2 Å². The summed E-state index contributed by atoms with van der Waals surface area (Å²) in [7, 11) is 1.69. The van der Waals surface area contributed by atoms with Crippen molar-refractivity contribution in [3.63, 3.8) is 0 Å². The number of ether oxygens (including phenoxy) is 1. The molecule has 1 atom stereocenters. The van der Waals surface area contributed by atoms with Crippen molar-refractivity contribution in [3.05, 3.63) is 29.3 Å². The van der Waals surface area contributed by atoms with Crippen LogP contribution in [0.3, 0.4) is 0 Å². The molecule has 0 heterocycles. The minimum Gasteiger partial charge on any atom is -0.424 e. The van der Waals surface area contributed by atoms with E-state index in [0.717, 1.165) is 0 Å². The largest absolute Gasteiger partial charge is 0.424 e. The summed E-state index contributed by atoms with van der Waals surface area (Å²) in [6, 6.07) is 6.53. The molecule has 0 aliphatic rings. The van der Waals surface area contributed by atoms with Crippen molar-refractivity contribution in [3.8, 4) is 5.75 Å². The lowest BCUT2D eigenvalue weighted by Crippen LogP contribution is -2.34. The van der Waals surface area contributed by atoms with Crippen molar-refractivity contribution in [2.75, 3.05) is 7.05 Å². The number of halogens is 1. The number of rotatable bonds is 3. The highest BCUT2D eigenvalue weighted by Gasteiger charge is 2.13. The molecule has 0 aromatic heterocycles. The van der Waals surface area contributed by atoms with E-state index in [9.17, 15) is 4.79 Å². The van der Waals surface area contributed by atoms with E-state index < -0.39 is 0 Å². The Morgan fingerprint density at radius 1 is 1.50 bits per heavy atom. The number of hydrogen-bond acceptors (Lipinski definition) is 3. The van der Waals surface area contributed by atoms with Gasteiger partial charge >= 0.3 is 5.97 Å². The third kappa shape index (κ3) is 2.72. The van der Waals surface area contributed by atoms with E-state index >= 15 is 0 Å². The number of carbonyl (C=O) groups is 1. The van der Waals surface area contributed by atoms with E-state index in [1.165, 1.54) is 0 Å². The third-order valence-electron chi connectivity index (χ3n) is 1.83. The van der Waals surface area contributed by atoms with Crippen LogP contribution in [-0.4, -0.2) is 19.1 Å². The molecule has 1 aromatic rings. The van der Waals surface area contributed by atoms with Gasteiger partial charge in [-0.25, -0.2) is 4.79 Å². The first-order valence-corrected chi connectivity index (χ1v) is 4.66. The molecule has 4 heteroatoms. The highest BCUT2D eigenvalue weighted by molar-refractivity contribution is 6.32. The predicted molar refractivity (Wildman–Crippen MR) is 55.6 cm³/mol. The molecule has 0 aliphatic carbocycles. The number of para-hydroxylation sites is 1. The van der Waals surface area contributed by atoms with Crippen LogP contribution in [0.1, 0.15) is 6.92 Å². The van der Waals surface area contributed by atoms with Crippen LogP contribution in [0.2, 0.25) is 5.02 Å². The van der Waals surface area contributed by atoms with Gasteiger partial charge in [-0.3, -0.25) is 0 Å². The predicted octanol–water partition coefficient (Wildman–Crippen LogP) is 1.85. The molecule has 0 amide bonds. The monoisotopic (exact) mass is 213 g/mol. The van der Waals surface area contributed by atoms with Gasteiger partial charge < -0.3 is 10.1 Å². The quantitative estimate of drug-likeness (QED) is 0.615. The summed E-state index contributed by atoms with van der Waals surface area (Å²) in [4.78, 5) is 11.4. The number of benzene rings is 1. The maximum atomic E-state index is 11.4. The molecule has 0 bridgehead atoms. The molecule has 0 radical (unpaired) electrons. The average molecular weight is 214 g/mol. The first-order valence-electron chi connectivity index (χ1n) is 4.28. The summed E-state index contributed by atoms with van der Waals surface area (Å²) in [6.45, 7) is 1.72. The summed E-state index contributed by atoms with van der Waals surface area (Å²) in [5.74, 6) is 0.0434. The lowest BCUT2D eigenvalue weighted by molar-refractivity contribution is -0.136. The van der Waals surface area contributed by atoms with Gasteiger partial charge in [-0.15, -0.1) is 0 Å². The Balaban J connectivity index is 2.70. The lowest BCUT2D eigenvalue weighted by atomic mass is 10.3. The molecule has 0 saturated carbocycles. The highest BCUT2D eigenvalue weighted by atomic mass is 35.5. The summed E-state index contributed by atoms with van der Waals surface area (Å²) in [5.41, 5.74) is 0. The lowest BCUT2D eigenvalue weighted by Gasteiger charge is -2.10. The Labute approximate surface area is 88.0 Å². The fourth-order valence-corrected chi connectivity index (χ4v) is 1.02. The topological polar surface area (TPSA) is 38.3 Å². The molecule has 76 valence electrons. The van der Waals surface area contributed by atoms with Crippen LogP contribution in [0.5, 0.6) is 5.75 Å². The van der Waals surface area contributed by atoms with Crippen molar-refractivity contribution in [1.82, 2.24) is 5.32 Å². The number of nitrogens with one attached hydrogen (secondary N) is 1. The second-order valence-electron chi connectivity index (χ2n) is 2.86. The molecule has 14 heavy (non-hydrogen) atoms. The third-order valence-corrected chi connectivity index (χ3v) is 2.15. The standard InChI is InChI=1S/C10H12ClNO2/c1-7(12-2)10(13)14-9-6-4-3-5-8(9)11/h3-7,12H,1-2H3/t7-/m0/s1. The zero-order valence-corrected chi connectivity index (χ0v) is 8.84. The van der Waals surface area contributed by atoms with Gasteiger partial charge in [0.1, 0.15) is 11.8 Å². The highest BCUT2D eigenvalue weighted by Crippen LogP contribution is 2.23. The summed E-state index contributed by atoms with van der Waals surface area (Å²) < 4.78 is 5.06. The normalized spacial score (nSPS) is 12.2. The Bertz CT molecular complexity index is 328. The Morgan fingerprint density at radius 2 is 2.14 bits per heavy atom.